The van der Waals surface area contributed by atoms with Gasteiger partial charge < -0.3 is 16.4 Å². The molecule has 0 atom stereocenters. The van der Waals surface area contributed by atoms with E-state index < -0.39 is 0 Å². The van der Waals surface area contributed by atoms with E-state index in [4.69, 9.17) is 10.7 Å². The average molecular weight is 472 g/mol. The highest BCUT2D eigenvalue weighted by atomic mass is 19.1. The van der Waals surface area contributed by atoms with Gasteiger partial charge in [0.2, 0.25) is 0 Å². The number of anilines is 2. The summed E-state index contributed by atoms with van der Waals surface area (Å²) in [6.07, 6.45) is 5.48. The van der Waals surface area contributed by atoms with Crippen LogP contribution in [-0.2, 0) is 0 Å². The number of nitrogens with one attached hydrogen (secondary N) is 2. The second-order valence-corrected chi connectivity index (χ2v) is 9.41. The van der Waals surface area contributed by atoms with Gasteiger partial charge in [-0.15, -0.1) is 0 Å². The van der Waals surface area contributed by atoms with Crippen molar-refractivity contribution in [1.82, 2.24) is 14.7 Å². The zero-order chi connectivity index (χ0) is 24.5. The van der Waals surface area contributed by atoms with Crippen LogP contribution in [0.3, 0.4) is 0 Å². The number of nitrogens with zero attached hydrogens (tertiary/aromatic N) is 2. The largest absolute Gasteiger partial charge is 0.349 e. The molecule has 2 heterocycles. The van der Waals surface area contributed by atoms with Gasteiger partial charge in [-0.1, -0.05) is 18.2 Å². The Hall–Kier alpha value is -3.71. The first-order valence-electron chi connectivity index (χ1n) is 12.1. The molecule has 1 fully saturated rings. The van der Waals surface area contributed by atoms with Crippen LogP contribution in [0.2, 0.25) is 0 Å². The standard InChI is InChI=1S/C28H30FN5O/c1-17-5-3-6-18(2)24(17)32-27-25(19-8-10-20(29)11-9-19)33-26-23(7-4-16-34(26)27)28(35)31-22-14-12-21(30)13-15-22/h3-11,16,21-22,32H,12-15,30H2,1-2H3,(H,31,35). The number of aryl methyl sites for hydroxylation is 2. The minimum absolute atomic E-state index is 0.112. The predicted octanol–water partition coefficient (Wildman–Crippen LogP) is 5.50. The van der Waals surface area contributed by atoms with Gasteiger partial charge in [0.25, 0.3) is 5.91 Å². The molecule has 1 aliphatic rings. The van der Waals surface area contributed by atoms with Crippen LogP contribution in [-0.4, -0.2) is 27.4 Å². The lowest BCUT2D eigenvalue weighted by molar-refractivity contribution is 0.0927. The van der Waals surface area contributed by atoms with Crippen LogP contribution in [0.5, 0.6) is 0 Å². The first kappa shape index (κ1) is 23.1. The Kier molecular flexibility index (Phi) is 6.26. The number of amides is 1. The molecule has 4 aromatic rings. The molecule has 2 aromatic carbocycles. The number of halogens is 1. The fraction of sp³-hybridized carbons (Fsp3) is 0.286. The SMILES string of the molecule is Cc1cccc(C)c1Nc1c(-c2ccc(F)cc2)nc2c(C(=O)NC3CCC(N)CC3)cccn12. The first-order valence-corrected chi connectivity index (χ1v) is 12.1. The van der Waals surface area contributed by atoms with E-state index >= 15 is 0 Å². The Morgan fingerprint density at radius 2 is 1.69 bits per heavy atom. The van der Waals surface area contributed by atoms with Crippen molar-refractivity contribution >= 4 is 23.1 Å². The van der Waals surface area contributed by atoms with Gasteiger partial charge in [-0.3, -0.25) is 9.20 Å². The molecular formula is C28H30FN5O. The number of carbonyl (C=O) groups excluding carboxylic acids is 1. The van der Waals surface area contributed by atoms with E-state index in [-0.39, 0.29) is 23.8 Å². The number of hydrogen-bond donors (Lipinski definition) is 3. The molecule has 180 valence electrons. The van der Waals surface area contributed by atoms with Crippen LogP contribution >= 0.6 is 0 Å². The highest BCUT2D eigenvalue weighted by molar-refractivity contribution is 6.01. The summed E-state index contributed by atoms with van der Waals surface area (Å²) in [4.78, 5) is 18.2. The number of fused-ring (bicyclic) bond motifs is 1. The highest BCUT2D eigenvalue weighted by Gasteiger charge is 2.24. The number of pyridine rings is 1. The lowest BCUT2D eigenvalue weighted by Gasteiger charge is -2.26. The van der Waals surface area contributed by atoms with Gasteiger partial charge in [-0.05, 0) is 87.1 Å². The maximum Gasteiger partial charge on any atom is 0.255 e. The molecular weight excluding hydrogens is 441 g/mol. The topological polar surface area (TPSA) is 84.5 Å². The number of aromatic nitrogens is 2. The van der Waals surface area contributed by atoms with Gasteiger partial charge in [-0.2, -0.15) is 0 Å². The predicted molar refractivity (Wildman–Crippen MR) is 137 cm³/mol. The lowest BCUT2D eigenvalue weighted by atomic mass is 9.91. The number of carbonyl (C=O) groups is 1. The maximum atomic E-state index is 13.7. The molecule has 4 N–H and O–H groups in total. The monoisotopic (exact) mass is 471 g/mol. The summed E-state index contributed by atoms with van der Waals surface area (Å²) in [6, 6.07) is 16.3. The Morgan fingerprint density at radius 1 is 1.00 bits per heavy atom. The lowest BCUT2D eigenvalue weighted by Crippen LogP contribution is -2.40. The van der Waals surface area contributed by atoms with Crippen molar-refractivity contribution in [3.05, 3.63) is 83.3 Å². The first-order chi connectivity index (χ1) is 16.9. The van der Waals surface area contributed by atoms with E-state index in [1.165, 1.54) is 12.1 Å². The summed E-state index contributed by atoms with van der Waals surface area (Å²) in [5.74, 6) is 0.265. The molecule has 1 aliphatic carbocycles. The van der Waals surface area contributed by atoms with Gasteiger partial charge >= 0.3 is 0 Å². The zero-order valence-electron chi connectivity index (χ0n) is 20.0. The number of imidazole rings is 1. The van der Waals surface area contributed by atoms with Crippen LogP contribution in [0.1, 0.15) is 47.2 Å². The summed E-state index contributed by atoms with van der Waals surface area (Å²) >= 11 is 0. The van der Waals surface area contributed by atoms with Crippen LogP contribution in [0, 0.1) is 19.7 Å². The molecule has 5 rings (SSSR count). The molecule has 2 aromatic heterocycles. The van der Waals surface area contributed by atoms with Crippen molar-refractivity contribution in [2.24, 2.45) is 5.73 Å². The van der Waals surface area contributed by atoms with Gasteiger partial charge in [0.15, 0.2) is 5.65 Å². The molecule has 7 heteroatoms. The maximum absolute atomic E-state index is 13.7. The molecule has 0 bridgehead atoms. The molecule has 1 saturated carbocycles. The molecule has 0 saturated heterocycles. The van der Waals surface area contributed by atoms with Crippen LogP contribution in [0.4, 0.5) is 15.9 Å². The molecule has 1 amide bonds. The number of benzene rings is 2. The van der Waals surface area contributed by atoms with Gasteiger partial charge in [0.05, 0.1) is 5.56 Å². The molecule has 0 spiro atoms. The van der Waals surface area contributed by atoms with Gasteiger partial charge in [-0.25, -0.2) is 9.37 Å². The molecule has 35 heavy (non-hydrogen) atoms. The van der Waals surface area contributed by atoms with Crippen LogP contribution < -0.4 is 16.4 Å². The van der Waals surface area contributed by atoms with Crippen molar-refractivity contribution in [3.63, 3.8) is 0 Å². The Balaban J connectivity index is 1.59. The van der Waals surface area contributed by atoms with Crippen LogP contribution in [0.15, 0.2) is 60.8 Å². The smallest absolute Gasteiger partial charge is 0.255 e. The fourth-order valence-electron chi connectivity index (χ4n) is 4.83. The minimum atomic E-state index is -0.311. The number of hydrogen-bond acceptors (Lipinski definition) is 4. The summed E-state index contributed by atoms with van der Waals surface area (Å²) in [7, 11) is 0. The Labute approximate surface area is 204 Å². The molecule has 0 unspecified atom stereocenters. The third kappa shape index (κ3) is 4.64. The van der Waals surface area contributed by atoms with E-state index in [1.807, 2.05) is 48.7 Å². The number of rotatable bonds is 5. The van der Waals surface area contributed by atoms with Crippen molar-refractivity contribution in [3.8, 4) is 11.3 Å². The zero-order valence-corrected chi connectivity index (χ0v) is 20.0. The van der Waals surface area contributed by atoms with Crippen molar-refractivity contribution in [1.29, 1.82) is 0 Å². The van der Waals surface area contributed by atoms with Crippen molar-refractivity contribution in [2.45, 2.75) is 51.6 Å². The number of para-hydroxylation sites is 1. The van der Waals surface area contributed by atoms with E-state index in [9.17, 15) is 9.18 Å². The summed E-state index contributed by atoms with van der Waals surface area (Å²) in [5.41, 5.74) is 11.6. The Morgan fingerprint density at radius 3 is 2.37 bits per heavy atom. The molecule has 6 nitrogen and oxygen atoms in total. The highest BCUT2D eigenvalue weighted by Crippen LogP contribution is 2.34. The van der Waals surface area contributed by atoms with E-state index in [0.29, 0.717) is 16.9 Å². The normalized spacial score (nSPS) is 17.9. The summed E-state index contributed by atoms with van der Waals surface area (Å²) in [6.45, 7) is 4.09. The van der Waals surface area contributed by atoms with Crippen molar-refractivity contribution < 1.29 is 9.18 Å². The van der Waals surface area contributed by atoms with Crippen LogP contribution in [0.25, 0.3) is 16.9 Å². The second kappa shape index (κ2) is 9.50. The molecule has 0 aliphatic heterocycles. The van der Waals surface area contributed by atoms with E-state index in [1.54, 1.807) is 18.2 Å². The summed E-state index contributed by atoms with van der Waals surface area (Å²) < 4.78 is 15.6. The van der Waals surface area contributed by atoms with Crippen molar-refractivity contribution in [2.75, 3.05) is 5.32 Å². The van der Waals surface area contributed by atoms with Gasteiger partial charge in [0, 0.05) is 29.5 Å². The van der Waals surface area contributed by atoms with E-state index in [0.717, 1.165) is 53.9 Å². The van der Waals surface area contributed by atoms with Gasteiger partial charge in [0.1, 0.15) is 17.3 Å². The quantitative estimate of drug-likeness (QED) is 0.359. The molecule has 0 radical (unpaired) electrons. The Bertz CT molecular complexity index is 1350. The third-order valence-corrected chi connectivity index (χ3v) is 6.84. The fourth-order valence-corrected chi connectivity index (χ4v) is 4.83. The summed E-state index contributed by atoms with van der Waals surface area (Å²) in [5, 5.41) is 6.73. The average Bonchev–Trinajstić information content (AvgIpc) is 3.22. The van der Waals surface area contributed by atoms with E-state index in [2.05, 4.69) is 10.6 Å². The second-order valence-electron chi connectivity index (χ2n) is 9.41. The number of nitrogens with two attached hydrogens (primary N) is 1. The third-order valence-electron chi connectivity index (χ3n) is 6.84. The minimum Gasteiger partial charge on any atom is -0.349 e.